The molecular formula is C13H16F2N2O. The Balaban J connectivity index is 2.32. The van der Waals surface area contributed by atoms with E-state index in [-0.39, 0.29) is 23.2 Å². The highest BCUT2D eigenvalue weighted by Gasteiger charge is 2.33. The number of halogens is 2. The van der Waals surface area contributed by atoms with Gasteiger partial charge in [0.15, 0.2) is 0 Å². The number of carbonyl (C=O) groups is 1. The molecule has 1 aromatic rings. The molecule has 98 valence electrons. The summed E-state index contributed by atoms with van der Waals surface area (Å²) in [5.41, 5.74) is 6.00. The first-order valence-corrected chi connectivity index (χ1v) is 5.94. The standard InChI is InChI=1S/C13H16F2N2O/c1-7-5-9(11(15)6-10(7)14)13(18)17-4-3-12(16)8(17)2/h5-6,8,12H,3-4,16H2,1-2H3. The monoisotopic (exact) mass is 254 g/mol. The molecule has 1 saturated heterocycles. The maximum Gasteiger partial charge on any atom is 0.257 e. The minimum atomic E-state index is -0.823. The number of likely N-dealkylation sites (tertiary alicyclic amines) is 1. The van der Waals surface area contributed by atoms with Gasteiger partial charge in [-0.2, -0.15) is 0 Å². The predicted octanol–water partition coefficient (Wildman–Crippen LogP) is 1.83. The molecule has 0 aliphatic carbocycles. The second kappa shape index (κ2) is 4.65. The molecule has 2 N–H and O–H groups in total. The fourth-order valence-corrected chi connectivity index (χ4v) is 2.23. The third kappa shape index (κ3) is 2.10. The van der Waals surface area contributed by atoms with E-state index in [0.717, 1.165) is 6.07 Å². The van der Waals surface area contributed by atoms with Gasteiger partial charge in [-0.1, -0.05) is 0 Å². The normalized spacial score (nSPS) is 23.5. The average Bonchev–Trinajstić information content (AvgIpc) is 2.64. The summed E-state index contributed by atoms with van der Waals surface area (Å²) in [6, 6.07) is 1.80. The van der Waals surface area contributed by atoms with Crippen LogP contribution in [0.15, 0.2) is 12.1 Å². The lowest BCUT2D eigenvalue weighted by Crippen LogP contribution is -2.40. The number of aryl methyl sites for hydroxylation is 1. The fourth-order valence-electron chi connectivity index (χ4n) is 2.23. The van der Waals surface area contributed by atoms with Gasteiger partial charge in [0.1, 0.15) is 11.6 Å². The Morgan fingerprint density at radius 3 is 2.61 bits per heavy atom. The number of hydrogen-bond acceptors (Lipinski definition) is 2. The minimum absolute atomic E-state index is 0.0847. The SMILES string of the molecule is Cc1cc(C(=O)N2CCC(N)C2C)c(F)cc1F. The minimum Gasteiger partial charge on any atom is -0.334 e. The van der Waals surface area contributed by atoms with Gasteiger partial charge in [-0.25, -0.2) is 8.78 Å². The zero-order valence-electron chi connectivity index (χ0n) is 10.4. The molecule has 0 spiro atoms. The zero-order valence-corrected chi connectivity index (χ0v) is 10.4. The molecule has 3 nitrogen and oxygen atoms in total. The van der Waals surface area contributed by atoms with Crippen molar-refractivity contribution in [1.29, 1.82) is 0 Å². The molecule has 18 heavy (non-hydrogen) atoms. The van der Waals surface area contributed by atoms with Crippen molar-refractivity contribution in [1.82, 2.24) is 4.90 Å². The largest absolute Gasteiger partial charge is 0.334 e. The Hall–Kier alpha value is -1.49. The number of carbonyl (C=O) groups excluding carboxylic acids is 1. The van der Waals surface area contributed by atoms with E-state index < -0.39 is 17.5 Å². The van der Waals surface area contributed by atoms with Crippen molar-refractivity contribution in [2.24, 2.45) is 5.73 Å². The van der Waals surface area contributed by atoms with E-state index in [2.05, 4.69) is 0 Å². The Labute approximate surface area is 105 Å². The molecule has 0 aromatic heterocycles. The van der Waals surface area contributed by atoms with Crippen LogP contribution in [0.5, 0.6) is 0 Å². The molecule has 1 fully saturated rings. The molecule has 2 atom stereocenters. The van der Waals surface area contributed by atoms with Crippen molar-refractivity contribution in [3.8, 4) is 0 Å². The summed E-state index contributed by atoms with van der Waals surface area (Å²) < 4.78 is 26.8. The van der Waals surface area contributed by atoms with Gasteiger partial charge in [-0.15, -0.1) is 0 Å². The summed E-state index contributed by atoms with van der Waals surface area (Å²) in [6.45, 7) is 3.85. The highest BCUT2D eigenvalue weighted by Crippen LogP contribution is 2.22. The lowest BCUT2D eigenvalue weighted by Gasteiger charge is -2.23. The second-order valence-electron chi connectivity index (χ2n) is 4.77. The van der Waals surface area contributed by atoms with Crippen molar-refractivity contribution >= 4 is 5.91 Å². The van der Waals surface area contributed by atoms with Gasteiger partial charge in [-0.05, 0) is 31.9 Å². The van der Waals surface area contributed by atoms with Gasteiger partial charge in [0.05, 0.1) is 5.56 Å². The van der Waals surface area contributed by atoms with E-state index in [1.165, 1.54) is 13.0 Å². The van der Waals surface area contributed by atoms with Crippen LogP contribution >= 0.6 is 0 Å². The third-order valence-corrected chi connectivity index (χ3v) is 3.55. The number of rotatable bonds is 1. The van der Waals surface area contributed by atoms with Crippen LogP contribution in [-0.4, -0.2) is 29.4 Å². The smallest absolute Gasteiger partial charge is 0.257 e. The molecule has 5 heteroatoms. The Bertz CT molecular complexity index is 490. The lowest BCUT2D eigenvalue weighted by atomic mass is 10.1. The molecule has 2 unspecified atom stereocenters. The van der Waals surface area contributed by atoms with Crippen LogP contribution < -0.4 is 5.73 Å². The van der Waals surface area contributed by atoms with Gasteiger partial charge in [-0.3, -0.25) is 4.79 Å². The molecule has 1 heterocycles. The van der Waals surface area contributed by atoms with Gasteiger partial charge in [0.2, 0.25) is 0 Å². The van der Waals surface area contributed by atoms with Crippen LogP contribution in [0.25, 0.3) is 0 Å². The predicted molar refractivity (Wildman–Crippen MR) is 64.2 cm³/mol. The maximum atomic E-state index is 13.6. The number of hydrogen-bond donors (Lipinski definition) is 1. The number of benzene rings is 1. The first kappa shape index (κ1) is 13.0. The highest BCUT2D eigenvalue weighted by molar-refractivity contribution is 5.95. The van der Waals surface area contributed by atoms with E-state index in [1.807, 2.05) is 6.92 Å². The van der Waals surface area contributed by atoms with E-state index in [4.69, 9.17) is 5.73 Å². The van der Waals surface area contributed by atoms with Crippen molar-refractivity contribution in [2.75, 3.05) is 6.54 Å². The van der Waals surface area contributed by atoms with Crippen molar-refractivity contribution in [3.63, 3.8) is 0 Å². The third-order valence-electron chi connectivity index (χ3n) is 3.55. The summed E-state index contributed by atoms with van der Waals surface area (Å²) in [6.07, 6.45) is 0.703. The Kier molecular flexibility index (Phi) is 3.34. The topological polar surface area (TPSA) is 46.3 Å². The molecule has 2 rings (SSSR count). The molecule has 1 amide bonds. The van der Waals surface area contributed by atoms with Crippen LogP contribution in [0, 0.1) is 18.6 Å². The van der Waals surface area contributed by atoms with Crippen molar-refractivity contribution in [3.05, 3.63) is 34.9 Å². The van der Waals surface area contributed by atoms with E-state index in [0.29, 0.717) is 13.0 Å². The summed E-state index contributed by atoms with van der Waals surface area (Å²) in [5, 5.41) is 0. The molecule has 1 aliphatic rings. The van der Waals surface area contributed by atoms with E-state index >= 15 is 0 Å². The number of amides is 1. The first-order chi connectivity index (χ1) is 8.41. The molecule has 0 saturated carbocycles. The first-order valence-electron chi connectivity index (χ1n) is 5.94. The van der Waals surface area contributed by atoms with Crippen LogP contribution in [0.3, 0.4) is 0 Å². The summed E-state index contributed by atoms with van der Waals surface area (Å²) >= 11 is 0. The van der Waals surface area contributed by atoms with E-state index in [9.17, 15) is 13.6 Å². The summed E-state index contributed by atoms with van der Waals surface area (Å²) in [5.74, 6) is -1.89. The van der Waals surface area contributed by atoms with Gasteiger partial charge >= 0.3 is 0 Å². The quantitative estimate of drug-likeness (QED) is 0.831. The lowest BCUT2D eigenvalue weighted by molar-refractivity contribution is 0.0737. The second-order valence-corrected chi connectivity index (χ2v) is 4.77. The summed E-state index contributed by atoms with van der Waals surface area (Å²) in [7, 11) is 0. The number of nitrogens with two attached hydrogens (primary N) is 1. The number of nitrogens with zero attached hydrogens (tertiary/aromatic N) is 1. The van der Waals surface area contributed by atoms with Gasteiger partial charge in [0, 0.05) is 24.7 Å². The molecular weight excluding hydrogens is 238 g/mol. The zero-order chi connectivity index (χ0) is 13.4. The highest BCUT2D eigenvalue weighted by atomic mass is 19.1. The molecule has 0 radical (unpaired) electrons. The molecule has 1 aromatic carbocycles. The summed E-state index contributed by atoms with van der Waals surface area (Å²) in [4.78, 5) is 13.7. The van der Waals surface area contributed by atoms with E-state index in [1.54, 1.807) is 4.90 Å². The van der Waals surface area contributed by atoms with Crippen LogP contribution in [-0.2, 0) is 0 Å². The fraction of sp³-hybridized carbons (Fsp3) is 0.462. The Morgan fingerprint density at radius 1 is 1.39 bits per heavy atom. The maximum absolute atomic E-state index is 13.6. The van der Waals surface area contributed by atoms with Crippen molar-refractivity contribution in [2.45, 2.75) is 32.4 Å². The van der Waals surface area contributed by atoms with Crippen LogP contribution in [0.2, 0.25) is 0 Å². The van der Waals surface area contributed by atoms with Crippen molar-refractivity contribution < 1.29 is 13.6 Å². The molecule has 1 aliphatic heterocycles. The van der Waals surface area contributed by atoms with Gasteiger partial charge in [0.25, 0.3) is 5.91 Å². The average molecular weight is 254 g/mol. The van der Waals surface area contributed by atoms with Gasteiger partial charge < -0.3 is 10.6 Å². The Morgan fingerprint density at radius 2 is 2.06 bits per heavy atom. The van der Waals surface area contributed by atoms with Crippen LogP contribution in [0.1, 0.15) is 29.3 Å². The molecule has 0 bridgehead atoms. The van der Waals surface area contributed by atoms with Crippen LogP contribution in [0.4, 0.5) is 8.78 Å².